The summed E-state index contributed by atoms with van der Waals surface area (Å²) in [4.78, 5) is 27.3. The number of fused-ring (bicyclic) bond motifs is 1. The monoisotopic (exact) mass is 646 g/mol. The lowest BCUT2D eigenvalue weighted by Gasteiger charge is -2.41. The molecule has 1 aromatic heterocycles. The minimum absolute atomic E-state index is 0.0175. The van der Waals surface area contributed by atoms with Gasteiger partial charge in [-0.05, 0) is 52.1 Å². The van der Waals surface area contributed by atoms with Crippen molar-refractivity contribution in [1.82, 2.24) is 19.7 Å². The van der Waals surface area contributed by atoms with Crippen molar-refractivity contribution in [3.8, 4) is 11.1 Å². The number of thioether (sulfide) groups is 1. The Hall–Kier alpha value is -4.61. The number of carbonyl (C=O) groups is 2. The van der Waals surface area contributed by atoms with Gasteiger partial charge in [-0.3, -0.25) is 14.5 Å². The summed E-state index contributed by atoms with van der Waals surface area (Å²) in [7, 11) is 1.92. The largest absolute Gasteiger partial charge is 0.392 e. The molecule has 4 atom stereocenters. The molecule has 3 heterocycles. The molecule has 238 valence electrons. The number of hydrogen-bond donors (Lipinski definition) is 1. The van der Waals surface area contributed by atoms with Crippen molar-refractivity contribution in [2.75, 3.05) is 5.75 Å². The first-order valence-corrected chi connectivity index (χ1v) is 16.5. The van der Waals surface area contributed by atoms with E-state index in [1.807, 2.05) is 78.3 Å². The van der Waals surface area contributed by atoms with Gasteiger partial charge in [0, 0.05) is 24.3 Å². The van der Waals surface area contributed by atoms with Crippen LogP contribution in [0.2, 0.25) is 0 Å². The average molecular weight is 647 g/mol. The molecular weight excluding hydrogens is 612 g/mol. The van der Waals surface area contributed by atoms with E-state index in [-0.39, 0.29) is 43.1 Å². The summed E-state index contributed by atoms with van der Waals surface area (Å²) in [6.07, 6.45) is 0.675. The van der Waals surface area contributed by atoms with Gasteiger partial charge in [0.1, 0.15) is 6.33 Å². The Bertz CT molecular complexity index is 1890. The zero-order chi connectivity index (χ0) is 32.5. The molecule has 0 bridgehead atoms. The second-order valence-electron chi connectivity index (χ2n) is 11.9. The van der Waals surface area contributed by atoms with Gasteiger partial charge in [0.2, 0.25) is 0 Å². The molecule has 0 saturated carbocycles. The van der Waals surface area contributed by atoms with Crippen LogP contribution in [0.4, 0.5) is 0 Å². The van der Waals surface area contributed by atoms with Gasteiger partial charge >= 0.3 is 0 Å². The van der Waals surface area contributed by atoms with Crippen molar-refractivity contribution in [3.05, 3.63) is 137 Å². The molecule has 7 rings (SSSR count). The van der Waals surface area contributed by atoms with Crippen LogP contribution in [0.25, 0.3) is 11.1 Å². The molecule has 9 nitrogen and oxygen atoms in total. The zero-order valence-electron chi connectivity index (χ0n) is 26.0. The highest BCUT2D eigenvalue weighted by molar-refractivity contribution is 7.99. The van der Waals surface area contributed by atoms with Crippen molar-refractivity contribution in [2.24, 2.45) is 13.0 Å². The summed E-state index contributed by atoms with van der Waals surface area (Å²) >= 11 is 1.60. The van der Waals surface area contributed by atoms with Gasteiger partial charge in [-0.25, -0.2) is 0 Å². The van der Waals surface area contributed by atoms with Gasteiger partial charge in [0.15, 0.2) is 11.4 Å². The topological polar surface area (TPSA) is 107 Å². The minimum Gasteiger partial charge on any atom is -0.392 e. The van der Waals surface area contributed by atoms with Gasteiger partial charge in [-0.15, -0.1) is 10.2 Å². The molecule has 10 heteroatoms. The van der Waals surface area contributed by atoms with Crippen LogP contribution in [0.1, 0.15) is 62.3 Å². The number of ether oxygens (including phenoxy) is 2. The van der Waals surface area contributed by atoms with Crippen LogP contribution in [0.15, 0.2) is 109 Å². The highest BCUT2D eigenvalue weighted by Crippen LogP contribution is 2.43. The van der Waals surface area contributed by atoms with Crippen LogP contribution in [0.3, 0.4) is 0 Å². The van der Waals surface area contributed by atoms with Crippen molar-refractivity contribution < 1.29 is 24.2 Å². The highest BCUT2D eigenvalue weighted by atomic mass is 32.2. The summed E-state index contributed by atoms with van der Waals surface area (Å²) in [5.41, 5.74) is 6.41. The van der Waals surface area contributed by atoms with Gasteiger partial charge in [0.25, 0.3) is 11.8 Å². The molecule has 47 heavy (non-hydrogen) atoms. The lowest BCUT2D eigenvalue weighted by molar-refractivity contribution is -0.268. The first-order valence-electron chi connectivity index (χ1n) is 15.5. The Balaban J connectivity index is 1.14. The fraction of sp³-hybridized carbons (Fsp3) is 0.243. The van der Waals surface area contributed by atoms with Crippen LogP contribution in [-0.2, 0) is 29.7 Å². The molecule has 1 fully saturated rings. The molecule has 1 saturated heterocycles. The van der Waals surface area contributed by atoms with Crippen molar-refractivity contribution in [1.29, 1.82) is 0 Å². The van der Waals surface area contributed by atoms with E-state index in [9.17, 15) is 14.7 Å². The third kappa shape index (κ3) is 6.25. The Kier molecular flexibility index (Phi) is 8.74. The van der Waals surface area contributed by atoms with E-state index < -0.39 is 6.29 Å². The molecule has 5 aromatic rings. The van der Waals surface area contributed by atoms with Gasteiger partial charge in [0.05, 0.1) is 36.5 Å². The van der Waals surface area contributed by atoms with Crippen LogP contribution in [-0.4, -0.2) is 48.4 Å². The van der Waals surface area contributed by atoms with Crippen molar-refractivity contribution >= 4 is 23.6 Å². The maximum atomic E-state index is 13.0. The summed E-state index contributed by atoms with van der Waals surface area (Å²) < 4.78 is 15.2. The third-order valence-corrected chi connectivity index (χ3v) is 9.93. The molecule has 2 aliphatic heterocycles. The number of aryl methyl sites for hydroxylation is 1. The molecule has 2 amide bonds. The summed E-state index contributed by atoms with van der Waals surface area (Å²) in [6, 6.07) is 30.8. The van der Waals surface area contributed by atoms with E-state index in [1.165, 1.54) is 4.90 Å². The first-order chi connectivity index (χ1) is 22.9. The molecule has 0 radical (unpaired) electrons. The van der Waals surface area contributed by atoms with Crippen molar-refractivity contribution in [2.45, 2.75) is 43.7 Å². The number of rotatable bonds is 9. The molecule has 2 aliphatic rings. The van der Waals surface area contributed by atoms with Crippen molar-refractivity contribution in [3.63, 3.8) is 0 Å². The summed E-state index contributed by atoms with van der Waals surface area (Å²) in [5, 5.41) is 18.6. The maximum Gasteiger partial charge on any atom is 0.261 e. The normalized spacial score (nSPS) is 20.9. The fourth-order valence-corrected chi connectivity index (χ4v) is 7.20. The standard InChI is InChI=1S/C37H34N4O5S/c1-23-32(21-47-37-39-38-22-40(37)2)45-36(46-33(23)26-15-13-24(20-42)14-16-26)29-10-6-9-28(18-29)27-8-5-7-25(17-27)19-41-34(43)30-11-3-4-12-31(30)35(41)44/h3-18,22-23,32-33,36,42H,19-21H2,1-2H3. The Morgan fingerprint density at radius 2 is 1.51 bits per heavy atom. The van der Waals surface area contributed by atoms with Gasteiger partial charge in [-0.1, -0.05) is 91.5 Å². The van der Waals surface area contributed by atoms with E-state index in [0.29, 0.717) is 16.9 Å². The van der Waals surface area contributed by atoms with E-state index in [2.05, 4.69) is 23.2 Å². The van der Waals surface area contributed by atoms with Crippen LogP contribution in [0, 0.1) is 5.92 Å². The maximum absolute atomic E-state index is 13.0. The smallest absolute Gasteiger partial charge is 0.261 e. The molecular formula is C37H34N4O5S. The zero-order valence-corrected chi connectivity index (χ0v) is 26.8. The third-order valence-electron chi connectivity index (χ3n) is 8.81. The average Bonchev–Trinajstić information content (AvgIpc) is 3.63. The lowest BCUT2D eigenvalue weighted by Crippen LogP contribution is -2.38. The van der Waals surface area contributed by atoms with E-state index in [0.717, 1.165) is 38.5 Å². The Morgan fingerprint density at radius 1 is 0.809 bits per heavy atom. The number of imide groups is 1. The summed E-state index contributed by atoms with van der Waals surface area (Å²) in [5.74, 6) is 0.157. The van der Waals surface area contributed by atoms with E-state index in [4.69, 9.17) is 9.47 Å². The van der Waals surface area contributed by atoms with Crippen LogP contribution in [0.5, 0.6) is 0 Å². The summed E-state index contributed by atoms with van der Waals surface area (Å²) in [6.45, 7) is 2.31. The number of hydrogen-bond acceptors (Lipinski definition) is 8. The fourth-order valence-electron chi connectivity index (χ4n) is 6.15. The number of carbonyl (C=O) groups excluding carboxylic acids is 2. The van der Waals surface area contributed by atoms with E-state index in [1.54, 1.807) is 42.4 Å². The number of benzene rings is 4. The first kappa shape index (κ1) is 31.0. The highest BCUT2D eigenvalue weighted by Gasteiger charge is 2.39. The second-order valence-corrected chi connectivity index (χ2v) is 12.9. The Labute approximate surface area is 277 Å². The quantitative estimate of drug-likeness (QED) is 0.146. The number of aliphatic hydroxyl groups is 1. The number of amides is 2. The molecule has 0 aliphatic carbocycles. The van der Waals surface area contributed by atoms with Gasteiger partial charge in [-0.2, -0.15) is 0 Å². The minimum atomic E-state index is -0.625. The number of nitrogens with zero attached hydrogens (tertiary/aromatic N) is 4. The van der Waals surface area contributed by atoms with Crippen LogP contribution >= 0.6 is 11.8 Å². The number of aliphatic hydroxyl groups excluding tert-OH is 1. The Morgan fingerprint density at radius 3 is 2.19 bits per heavy atom. The van der Waals surface area contributed by atoms with E-state index >= 15 is 0 Å². The van der Waals surface area contributed by atoms with Crippen LogP contribution < -0.4 is 0 Å². The second kappa shape index (κ2) is 13.2. The molecule has 1 N–H and O–H groups in total. The van der Waals surface area contributed by atoms with Gasteiger partial charge < -0.3 is 19.1 Å². The predicted octanol–water partition coefficient (Wildman–Crippen LogP) is 6.35. The molecule has 0 spiro atoms. The lowest BCUT2D eigenvalue weighted by atomic mass is 9.91. The SMILES string of the molecule is CC1C(CSc2nncn2C)OC(c2cccc(-c3cccc(CN4C(=O)c5ccccc5C4=O)c3)c2)OC1c1ccc(CO)cc1. The molecule has 4 unspecified atom stereocenters. The molecule has 4 aromatic carbocycles. The predicted molar refractivity (Wildman–Crippen MR) is 177 cm³/mol. The number of aromatic nitrogens is 3.